The van der Waals surface area contributed by atoms with E-state index in [1.165, 1.54) is 9.13 Å². The molecule has 0 unspecified atom stereocenters. The van der Waals surface area contributed by atoms with Gasteiger partial charge in [-0.05, 0) is 18.1 Å². The summed E-state index contributed by atoms with van der Waals surface area (Å²) in [5, 5.41) is 0.416. The number of imidazole rings is 1. The second-order valence-corrected chi connectivity index (χ2v) is 6.64. The van der Waals surface area contributed by atoms with Crippen molar-refractivity contribution in [1.82, 2.24) is 18.7 Å². The first-order chi connectivity index (χ1) is 12.0. The molecular weight excluding hydrogens is 340 g/mol. The van der Waals surface area contributed by atoms with Crippen molar-refractivity contribution in [2.45, 2.75) is 26.9 Å². The number of benzene rings is 1. The zero-order valence-corrected chi connectivity index (χ0v) is 14.9. The minimum absolute atomic E-state index is 0.137. The van der Waals surface area contributed by atoms with Crippen LogP contribution in [-0.4, -0.2) is 18.7 Å². The Balaban J connectivity index is 2.47. The van der Waals surface area contributed by atoms with Gasteiger partial charge in [-0.3, -0.25) is 9.36 Å². The second-order valence-electron chi connectivity index (χ2n) is 6.24. The molecule has 0 saturated heterocycles. The summed E-state index contributed by atoms with van der Waals surface area (Å²) in [7, 11) is 0. The lowest BCUT2D eigenvalue weighted by molar-refractivity contribution is 0.489. The number of allylic oxidation sites excluding steroid dienone is 1. The Morgan fingerprint density at radius 2 is 2.00 bits per heavy atom. The summed E-state index contributed by atoms with van der Waals surface area (Å²) in [6.07, 6.45) is 3.22. The molecule has 7 heteroatoms. The highest BCUT2D eigenvalue weighted by Crippen LogP contribution is 2.21. The molecule has 3 rings (SSSR count). The van der Waals surface area contributed by atoms with Crippen molar-refractivity contribution in [3.8, 4) is 5.69 Å². The molecule has 3 aromatic rings. The maximum absolute atomic E-state index is 13.1. The van der Waals surface area contributed by atoms with Gasteiger partial charge in [-0.1, -0.05) is 43.7 Å². The molecule has 0 spiro atoms. The van der Waals surface area contributed by atoms with Crippen LogP contribution in [0.1, 0.15) is 13.8 Å². The van der Waals surface area contributed by atoms with Gasteiger partial charge in [-0.25, -0.2) is 14.3 Å². The van der Waals surface area contributed by atoms with Crippen LogP contribution in [0.25, 0.3) is 16.9 Å². The van der Waals surface area contributed by atoms with E-state index in [1.807, 2.05) is 13.8 Å². The van der Waals surface area contributed by atoms with Crippen molar-refractivity contribution in [1.29, 1.82) is 0 Å². The molecule has 0 N–H and O–H groups in total. The predicted molar refractivity (Wildman–Crippen MR) is 99.6 cm³/mol. The van der Waals surface area contributed by atoms with Gasteiger partial charge in [-0.15, -0.1) is 6.58 Å². The maximum atomic E-state index is 13.1. The van der Waals surface area contributed by atoms with Crippen LogP contribution in [-0.2, 0) is 13.1 Å². The molecule has 0 aliphatic carbocycles. The van der Waals surface area contributed by atoms with E-state index in [9.17, 15) is 9.59 Å². The van der Waals surface area contributed by atoms with E-state index in [0.717, 1.165) is 0 Å². The van der Waals surface area contributed by atoms with Gasteiger partial charge in [0.2, 0.25) is 0 Å². The Labute approximate surface area is 149 Å². The number of nitrogens with zero attached hydrogens (tertiary/aromatic N) is 4. The van der Waals surface area contributed by atoms with Crippen LogP contribution in [0, 0.1) is 5.92 Å². The number of hydrogen-bond donors (Lipinski definition) is 0. The van der Waals surface area contributed by atoms with E-state index < -0.39 is 5.69 Å². The molecular formula is C18H19ClN4O2. The van der Waals surface area contributed by atoms with Gasteiger partial charge >= 0.3 is 5.69 Å². The molecule has 130 valence electrons. The lowest BCUT2D eigenvalue weighted by Crippen LogP contribution is -2.41. The summed E-state index contributed by atoms with van der Waals surface area (Å²) in [5.74, 6) is 0.137. The van der Waals surface area contributed by atoms with Crippen LogP contribution < -0.4 is 11.2 Å². The molecule has 0 amide bonds. The Morgan fingerprint density at radius 3 is 2.64 bits per heavy atom. The number of para-hydroxylation sites is 1. The quantitative estimate of drug-likeness (QED) is 0.659. The van der Waals surface area contributed by atoms with E-state index in [4.69, 9.17) is 11.6 Å². The van der Waals surface area contributed by atoms with Crippen LogP contribution >= 0.6 is 11.6 Å². The van der Waals surface area contributed by atoms with Crippen molar-refractivity contribution in [2.24, 2.45) is 5.92 Å². The number of hydrogen-bond acceptors (Lipinski definition) is 3. The molecule has 0 fully saturated rings. The molecule has 2 aromatic heterocycles. The standard InChI is InChI=1S/C18H19ClN4O2/c1-4-9-21-11-20-16-15(21)17(24)22(10-12(2)3)18(25)23(16)14-8-6-5-7-13(14)19/h4-8,11-12H,1,9-10H2,2-3H3. The molecule has 0 atom stereocenters. The summed E-state index contributed by atoms with van der Waals surface area (Å²) < 4.78 is 4.34. The second kappa shape index (κ2) is 6.72. The van der Waals surface area contributed by atoms with E-state index in [1.54, 1.807) is 41.2 Å². The predicted octanol–water partition coefficient (Wildman–Crippen LogP) is 2.84. The monoisotopic (exact) mass is 358 g/mol. The molecule has 0 aliphatic rings. The molecule has 6 nitrogen and oxygen atoms in total. The van der Waals surface area contributed by atoms with Gasteiger partial charge in [0.05, 0.1) is 17.0 Å². The van der Waals surface area contributed by atoms with Crippen molar-refractivity contribution >= 4 is 22.8 Å². The highest BCUT2D eigenvalue weighted by molar-refractivity contribution is 6.32. The van der Waals surface area contributed by atoms with E-state index in [2.05, 4.69) is 11.6 Å². The number of halogens is 1. The van der Waals surface area contributed by atoms with Gasteiger partial charge < -0.3 is 4.57 Å². The molecule has 0 bridgehead atoms. The highest BCUT2D eigenvalue weighted by Gasteiger charge is 2.20. The van der Waals surface area contributed by atoms with Crippen molar-refractivity contribution in [3.05, 3.63) is 69.1 Å². The van der Waals surface area contributed by atoms with Crippen LogP contribution in [0.15, 0.2) is 52.8 Å². The number of fused-ring (bicyclic) bond motifs is 1. The van der Waals surface area contributed by atoms with Crippen LogP contribution in [0.3, 0.4) is 0 Å². The van der Waals surface area contributed by atoms with Crippen LogP contribution in [0.5, 0.6) is 0 Å². The Bertz CT molecular complexity index is 1060. The third-order valence-electron chi connectivity index (χ3n) is 3.87. The summed E-state index contributed by atoms with van der Waals surface area (Å²) in [5.41, 5.74) is 0.366. The van der Waals surface area contributed by atoms with Gasteiger partial charge in [-0.2, -0.15) is 0 Å². The largest absolute Gasteiger partial charge is 0.337 e. The number of rotatable bonds is 5. The first-order valence-electron chi connectivity index (χ1n) is 8.02. The topological polar surface area (TPSA) is 61.8 Å². The van der Waals surface area contributed by atoms with Gasteiger partial charge in [0.1, 0.15) is 0 Å². The Morgan fingerprint density at radius 1 is 1.28 bits per heavy atom. The van der Waals surface area contributed by atoms with Gasteiger partial charge in [0, 0.05) is 13.1 Å². The summed E-state index contributed by atoms with van der Waals surface area (Å²) in [4.78, 5) is 30.3. The zero-order valence-electron chi connectivity index (χ0n) is 14.1. The molecule has 25 heavy (non-hydrogen) atoms. The van der Waals surface area contributed by atoms with Crippen LogP contribution in [0.2, 0.25) is 5.02 Å². The average Bonchev–Trinajstić information content (AvgIpc) is 2.97. The van der Waals surface area contributed by atoms with E-state index in [-0.39, 0.29) is 11.5 Å². The third-order valence-corrected chi connectivity index (χ3v) is 4.19. The summed E-state index contributed by atoms with van der Waals surface area (Å²) in [6, 6.07) is 7.01. The molecule has 0 aliphatic heterocycles. The van der Waals surface area contributed by atoms with Crippen molar-refractivity contribution in [2.75, 3.05) is 0 Å². The first kappa shape index (κ1) is 17.2. The minimum atomic E-state index is -0.442. The minimum Gasteiger partial charge on any atom is -0.321 e. The fourth-order valence-corrected chi connectivity index (χ4v) is 3.05. The molecule has 2 heterocycles. The highest BCUT2D eigenvalue weighted by atomic mass is 35.5. The fraction of sp³-hybridized carbons (Fsp3) is 0.278. The summed E-state index contributed by atoms with van der Waals surface area (Å²) >= 11 is 6.30. The van der Waals surface area contributed by atoms with Crippen LogP contribution in [0.4, 0.5) is 0 Å². The van der Waals surface area contributed by atoms with Gasteiger partial charge in [0.15, 0.2) is 11.2 Å². The molecule has 0 saturated carbocycles. The van der Waals surface area contributed by atoms with Crippen molar-refractivity contribution < 1.29 is 0 Å². The zero-order chi connectivity index (χ0) is 18.1. The Kier molecular flexibility index (Phi) is 4.63. The van der Waals surface area contributed by atoms with Gasteiger partial charge in [0.25, 0.3) is 5.56 Å². The SMILES string of the molecule is C=CCn1cnc2c1c(=O)n(CC(C)C)c(=O)n2-c1ccccc1Cl. The summed E-state index contributed by atoms with van der Waals surface area (Å²) in [6.45, 7) is 8.36. The lowest BCUT2D eigenvalue weighted by atomic mass is 10.2. The molecule has 1 aromatic carbocycles. The fourth-order valence-electron chi connectivity index (χ4n) is 2.83. The first-order valence-corrected chi connectivity index (χ1v) is 8.40. The number of aromatic nitrogens is 4. The average molecular weight is 359 g/mol. The lowest BCUT2D eigenvalue weighted by Gasteiger charge is -2.14. The van der Waals surface area contributed by atoms with E-state index in [0.29, 0.717) is 35.0 Å². The smallest absolute Gasteiger partial charge is 0.321 e. The Hall–Kier alpha value is -2.60. The normalized spacial score (nSPS) is 11.4. The van der Waals surface area contributed by atoms with E-state index >= 15 is 0 Å². The molecule has 0 radical (unpaired) electrons. The van der Waals surface area contributed by atoms with Crippen molar-refractivity contribution in [3.63, 3.8) is 0 Å². The maximum Gasteiger partial charge on any atom is 0.337 e. The third kappa shape index (κ3) is 2.93.